The fourth-order valence-electron chi connectivity index (χ4n) is 1.73. The number of anilines is 1. The second-order valence-electron chi connectivity index (χ2n) is 4.00. The summed E-state index contributed by atoms with van der Waals surface area (Å²) in [5, 5.41) is 15.9. The number of carbonyl (C=O) groups is 1. The minimum atomic E-state index is -1.36. The van der Waals surface area contributed by atoms with Gasteiger partial charge in [0, 0.05) is 17.2 Å². The van der Waals surface area contributed by atoms with Gasteiger partial charge in [-0.05, 0) is 25.0 Å². The van der Waals surface area contributed by atoms with Gasteiger partial charge in [-0.25, -0.2) is 4.79 Å². The molecule has 100 valence electrons. The zero-order chi connectivity index (χ0) is 13.8. The summed E-state index contributed by atoms with van der Waals surface area (Å²) in [6.45, 7) is 4.37. The van der Waals surface area contributed by atoms with E-state index in [0.717, 1.165) is 28.3 Å². The van der Waals surface area contributed by atoms with Gasteiger partial charge >= 0.3 is 6.16 Å². The number of nitrogens with zero attached hydrogens (tertiary/aromatic N) is 2. The average Bonchev–Trinajstić information content (AvgIpc) is 2.75. The number of hydrogen-bond acceptors (Lipinski definition) is 6. The van der Waals surface area contributed by atoms with Crippen molar-refractivity contribution in [1.82, 2.24) is 9.59 Å². The predicted octanol–water partition coefficient (Wildman–Crippen LogP) is 2.82. The first kappa shape index (κ1) is 13.3. The van der Waals surface area contributed by atoms with Gasteiger partial charge in [0.25, 0.3) is 0 Å². The minimum absolute atomic E-state index is 0.200. The number of aryl methyl sites for hydroxylation is 2. The first-order chi connectivity index (χ1) is 9.08. The third kappa shape index (κ3) is 3.19. The number of nitrogens with one attached hydrogen (secondary N) is 1. The number of hydrogen-bond donors (Lipinski definition) is 2. The molecule has 0 radical (unpaired) electrons. The largest absolute Gasteiger partial charge is 0.512 e. The Bertz CT molecular complexity index is 577. The zero-order valence-corrected chi connectivity index (χ0v) is 11.3. The third-order valence-corrected chi connectivity index (χ3v) is 3.26. The maximum atomic E-state index is 10.5. The molecule has 1 aromatic carbocycles. The molecule has 0 aliphatic heterocycles. The highest BCUT2D eigenvalue weighted by Gasteiger charge is 2.13. The lowest BCUT2D eigenvalue weighted by Crippen LogP contribution is -2.07. The van der Waals surface area contributed by atoms with E-state index in [9.17, 15) is 4.79 Å². The molecular formula is C12H13N3O3S. The van der Waals surface area contributed by atoms with Crippen LogP contribution >= 0.6 is 11.5 Å². The first-order valence-corrected chi connectivity index (χ1v) is 6.37. The van der Waals surface area contributed by atoms with Crippen LogP contribution < -0.4 is 10.1 Å². The van der Waals surface area contributed by atoms with Crippen LogP contribution in [-0.4, -0.2) is 20.8 Å². The lowest BCUT2D eigenvalue weighted by atomic mass is 10.1. The van der Waals surface area contributed by atoms with E-state index >= 15 is 0 Å². The lowest BCUT2D eigenvalue weighted by molar-refractivity contribution is 0.145. The van der Waals surface area contributed by atoms with Crippen LogP contribution in [0, 0.1) is 13.8 Å². The van der Waals surface area contributed by atoms with E-state index in [1.165, 1.54) is 0 Å². The number of rotatable bonds is 4. The highest BCUT2D eigenvalue weighted by Crippen LogP contribution is 2.24. The molecule has 0 fully saturated rings. The molecule has 0 saturated heterocycles. The van der Waals surface area contributed by atoms with E-state index < -0.39 is 6.16 Å². The second kappa shape index (κ2) is 5.66. The summed E-state index contributed by atoms with van der Waals surface area (Å²) >= 11 is 0.917. The van der Waals surface area contributed by atoms with Gasteiger partial charge in [-0.3, -0.25) is 0 Å². The molecule has 0 unspecified atom stereocenters. The standard InChI is InChI=1S/C12H13N3O3S/c1-7-4-3-5-8(2)10(7)13-6-9-11(18-12(16)17)19-15-14-9/h3-5,13H,6H2,1-2H3,(H,16,17). The van der Waals surface area contributed by atoms with Gasteiger partial charge in [-0.1, -0.05) is 22.7 Å². The average molecular weight is 279 g/mol. The van der Waals surface area contributed by atoms with Gasteiger partial charge in [0.15, 0.2) is 0 Å². The molecule has 0 spiro atoms. The summed E-state index contributed by atoms with van der Waals surface area (Å²) in [6.07, 6.45) is -1.36. The molecule has 0 aliphatic rings. The van der Waals surface area contributed by atoms with Gasteiger partial charge in [-0.2, -0.15) is 0 Å². The Morgan fingerprint density at radius 2 is 2.11 bits per heavy atom. The van der Waals surface area contributed by atoms with Crippen molar-refractivity contribution in [1.29, 1.82) is 0 Å². The van der Waals surface area contributed by atoms with Gasteiger partial charge in [0.05, 0.1) is 6.54 Å². The summed E-state index contributed by atoms with van der Waals surface area (Å²) in [5.41, 5.74) is 3.72. The van der Waals surface area contributed by atoms with Gasteiger partial charge in [0.1, 0.15) is 5.69 Å². The topological polar surface area (TPSA) is 84.3 Å². The Hall–Kier alpha value is -2.15. The van der Waals surface area contributed by atoms with E-state index in [1.807, 2.05) is 32.0 Å². The van der Waals surface area contributed by atoms with Crippen LogP contribution in [0.25, 0.3) is 0 Å². The predicted molar refractivity (Wildman–Crippen MR) is 71.8 cm³/mol. The van der Waals surface area contributed by atoms with Gasteiger partial charge in [-0.15, -0.1) is 5.10 Å². The van der Waals surface area contributed by atoms with Crippen molar-refractivity contribution in [3.8, 4) is 5.06 Å². The van der Waals surface area contributed by atoms with Gasteiger partial charge in [0.2, 0.25) is 5.06 Å². The molecule has 1 heterocycles. The molecule has 2 rings (SSSR count). The zero-order valence-electron chi connectivity index (χ0n) is 10.5. The van der Waals surface area contributed by atoms with Crippen molar-refractivity contribution < 1.29 is 14.6 Å². The van der Waals surface area contributed by atoms with Crippen molar-refractivity contribution >= 4 is 23.4 Å². The Balaban J connectivity index is 2.11. The highest BCUT2D eigenvalue weighted by molar-refractivity contribution is 7.07. The van der Waals surface area contributed by atoms with E-state index in [0.29, 0.717) is 12.2 Å². The number of aromatic nitrogens is 2. The summed E-state index contributed by atoms with van der Waals surface area (Å²) in [6, 6.07) is 5.99. The number of carboxylic acid groups (broad SMARTS) is 1. The molecule has 7 heteroatoms. The van der Waals surface area contributed by atoms with E-state index in [1.54, 1.807) is 0 Å². The summed E-state index contributed by atoms with van der Waals surface area (Å²) in [5.74, 6) is 0. The second-order valence-corrected chi connectivity index (χ2v) is 4.71. The summed E-state index contributed by atoms with van der Waals surface area (Å²) in [4.78, 5) is 10.5. The molecule has 6 nitrogen and oxygen atoms in total. The summed E-state index contributed by atoms with van der Waals surface area (Å²) in [7, 11) is 0. The van der Waals surface area contributed by atoms with E-state index in [-0.39, 0.29) is 5.06 Å². The summed E-state index contributed by atoms with van der Waals surface area (Å²) < 4.78 is 8.30. The van der Waals surface area contributed by atoms with Crippen molar-refractivity contribution in [2.75, 3.05) is 5.32 Å². The minimum Gasteiger partial charge on any atom is -0.449 e. The van der Waals surface area contributed by atoms with Crippen molar-refractivity contribution in [2.24, 2.45) is 0 Å². The van der Waals surface area contributed by atoms with E-state index in [4.69, 9.17) is 5.11 Å². The molecule has 2 N–H and O–H groups in total. The van der Waals surface area contributed by atoms with Crippen LogP contribution in [0.5, 0.6) is 5.06 Å². The Kier molecular flexibility index (Phi) is 3.96. The molecule has 0 saturated carbocycles. The van der Waals surface area contributed by atoms with Crippen molar-refractivity contribution in [3.63, 3.8) is 0 Å². The Morgan fingerprint density at radius 3 is 2.74 bits per heavy atom. The first-order valence-electron chi connectivity index (χ1n) is 5.60. The lowest BCUT2D eigenvalue weighted by Gasteiger charge is -2.11. The fraction of sp³-hybridized carbons (Fsp3) is 0.250. The monoisotopic (exact) mass is 279 g/mol. The maximum Gasteiger partial charge on any atom is 0.512 e. The highest BCUT2D eigenvalue weighted by atomic mass is 32.1. The molecule has 1 aromatic heterocycles. The molecule has 0 bridgehead atoms. The SMILES string of the molecule is Cc1cccc(C)c1NCc1nnsc1OC(=O)O. The number of para-hydroxylation sites is 1. The van der Waals surface area contributed by atoms with Crippen LogP contribution in [0.4, 0.5) is 10.5 Å². The van der Waals surface area contributed by atoms with Gasteiger partial charge < -0.3 is 15.2 Å². The van der Waals surface area contributed by atoms with Crippen LogP contribution in [0.15, 0.2) is 18.2 Å². The molecule has 0 aliphatic carbocycles. The number of benzene rings is 1. The maximum absolute atomic E-state index is 10.5. The third-order valence-electron chi connectivity index (χ3n) is 2.61. The van der Waals surface area contributed by atoms with Crippen LogP contribution in [0.2, 0.25) is 0 Å². The Morgan fingerprint density at radius 1 is 1.42 bits per heavy atom. The van der Waals surface area contributed by atoms with Crippen LogP contribution in [-0.2, 0) is 6.54 Å². The van der Waals surface area contributed by atoms with Crippen LogP contribution in [0.3, 0.4) is 0 Å². The van der Waals surface area contributed by atoms with Crippen molar-refractivity contribution in [2.45, 2.75) is 20.4 Å². The van der Waals surface area contributed by atoms with E-state index in [2.05, 4.69) is 19.6 Å². The molecular weight excluding hydrogens is 266 g/mol. The quantitative estimate of drug-likeness (QED) is 0.837. The normalized spacial score (nSPS) is 10.2. The Labute approximate surface area is 114 Å². The van der Waals surface area contributed by atoms with Crippen molar-refractivity contribution in [3.05, 3.63) is 35.0 Å². The smallest absolute Gasteiger partial charge is 0.449 e. The van der Waals surface area contributed by atoms with Crippen LogP contribution in [0.1, 0.15) is 16.8 Å². The molecule has 19 heavy (non-hydrogen) atoms. The molecule has 0 atom stereocenters. The molecule has 0 amide bonds. The fourth-order valence-corrected chi connectivity index (χ4v) is 2.27. The number of ether oxygens (including phenoxy) is 1. The molecule has 2 aromatic rings.